The maximum Gasteiger partial charge on any atom is 0.411 e. The zero-order valence-corrected chi connectivity index (χ0v) is 13.8. The average Bonchev–Trinajstić information content (AvgIpc) is 3.14. The number of nitrogens with zero attached hydrogens (tertiary/aromatic N) is 1. The first kappa shape index (κ1) is 15.7. The van der Waals surface area contributed by atoms with Gasteiger partial charge in [-0.05, 0) is 24.0 Å². The van der Waals surface area contributed by atoms with Gasteiger partial charge in [0.1, 0.15) is 6.61 Å². The minimum absolute atomic E-state index is 0.192. The van der Waals surface area contributed by atoms with Crippen molar-refractivity contribution in [1.29, 1.82) is 0 Å². The fraction of sp³-hybridized carbons (Fsp3) is 0.300. The van der Waals surface area contributed by atoms with Gasteiger partial charge in [-0.25, -0.2) is 9.59 Å². The van der Waals surface area contributed by atoms with Crippen molar-refractivity contribution in [1.82, 2.24) is 4.90 Å². The Labute approximate surface area is 146 Å². The first-order chi connectivity index (χ1) is 12.2. The molecule has 0 saturated carbocycles. The molecule has 2 fully saturated rings. The Balaban J connectivity index is 1.53. The third kappa shape index (κ3) is 2.56. The number of rotatable bonds is 3. The molecule has 0 N–H and O–H groups in total. The highest BCUT2D eigenvalue weighted by molar-refractivity contribution is 5.92. The Morgan fingerprint density at radius 2 is 1.80 bits per heavy atom. The van der Waals surface area contributed by atoms with E-state index in [2.05, 4.69) is 0 Å². The fourth-order valence-electron chi connectivity index (χ4n) is 3.70. The lowest BCUT2D eigenvalue weighted by Gasteiger charge is -2.48. The van der Waals surface area contributed by atoms with Gasteiger partial charge in [0.2, 0.25) is 0 Å². The Morgan fingerprint density at radius 1 is 1.12 bits per heavy atom. The monoisotopic (exact) mass is 337 g/mol. The van der Waals surface area contributed by atoms with Gasteiger partial charge < -0.3 is 9.47 Å². The number of ether oxygens (including phenoxy) is 2. The van der Waals surface area contributed by atoms with E-state index in [-0.39, 0.29) is 12.6 Å². The van der Waals surface area contributed by atoms with Gasteiger partial charge >= 0.3 is 12.1 Å². The van der Waals surface area contributed by atoms with Crippen LogP contribution in [0.15, 0.2) is 60.7 Å². The van der Waals surface area contributed by atoms with E-state index in [9.17, 15) is 9.59 Å². The number of hydrogen-bond acceptors (Lipinski definition) is 4. The van der Waals surface area contributed by atoms with Crippen LogP contribution in [0, 0.1) is 0 Å². The summed E-state index contributed by atoms with van der Waals surface area (Å²) in [6.45, 7) is 0.698. The highest BCUT2D eigenvalue weighted by Crippen LogP contribution is 2.50. The van der Waals surface area contributed by atoms with E-state index in [1.54, 1.807) is 4.90 Å². The van der Waals surface area contributed by atoms with Crippen molar-refractivity contribution in [2.75, 3.05) is 6.54 Å². The smallest absolute Gasteiger partial charge is 0.411 e. The molecule has 0 radical (unpaired) electrons. The number of cyclic esters (lactones) is 1. The van der Waals surface area contributed by atoms with Crippen LogP contribution in [0.25, 0.3) is 0 Å². The van der Waals surface area contributed by atoms with Crippen LogP contribution in [-0.4, -0.2) is 29.0 Å². The third-order valence-corrected chi connectivity index (χ3v) is 4.96. The average molecular weight is 337 g/mol. The van der Waals surface area contributed by atoms with E-state index in [4.69, 9.17) is 9.47 Å². The summed E-state index contributed by atoms with van der Waals surface area (Å²) < 4.78 is 10.9. The predicted molar refractivity (Wildman–Crippen MR) is 90.6 cm³/mol. The molecule has 2 heterocycles. The summed E-state index contributed by atoms with van der Waals surface area (Å²) in [5.41, 5.74) is 0.902. The van der Waals surface area contributed by atoms with Crippen LogP contribution < -0.4 is 0 Å². The van der Waals surface area contributed by atoms with Crippen molar-refractivity contribution in [3.63, 3.8) is 0 Å². The second-order valence-corrected chi connectivity index (χ2v) is 6.42. The predicted octanol–water partition coefficient (Wildman–Crippen LogP) is 3.46. The van der Waals surface area contributed by atoms with E-state index in [0.717, 1.165) is 17.5 Å². The zero-order valence-electron chi connectivity index (χ0n) is 13.8. The third-order valence-electron chi connectivity index (χ3n) is 4.96. The van der Waals surface area contributed by atoms with Crippen LogP contribution in [-0.2, 0) is 20.9 Å². The number of amides is 1. The van der Waals surface area contributed by atoms with Gasteiger partial charge in [0.15, 0.2) is 11.6 Å². The molecule has 4 rings (SSSR count). The SMILES string of the molecule is O=C(OCc1ccccc1)N1CCC[C@]12C(=O)O[C@@H]2c1ccccc1. The summed E-state index contributed by atoms with van der Waals surface area (Å²) in [4.78, 5) is 26.6. The number of benzene rings is 2. The fourth-order valence-corrected chi connectivity index (χ4v) is 3.70. The van der Waals surface area contributed by atoms with Gasteiger partial charge in [-0.2, -0.15) is 0 Å². The lowest BCUT2D eigenvalue weighted by Crippen LogP contribution is -2.65. The summed E-state index contributed by atoms with van der Waals surface area (Å²) in [6.07, 6.45) is 0.483. The standard InChI is InChI=1S/C20H19NO4/c22-18-20(17(25-18)16-10-5-2-6-11-16)12-7-13-21(20)19(23)24-14-15-8-3-1-4-9-15/h1-6,8-11,17H,7,12-14H2/t17-,20+/m1/s1. The van der Waals surface area contributed by atoms with Gasteiger partial charge in [-0.3, -0.25) is 4.90 Å². The zero-order chi connectivity index (χ0) is 17.3. The second kappa shape index (κ2) is 6.24. The van der Waals surface area contributed by atoms with Crippen molar-refractivity contribution in [2.24, 2.45) is 0 Å². The van der Waals surface area contributed by atoms with Crippen molar-refractivity contribution >= 4 is 12.1 Å². The quantitative estimate of drug-likeness (QED) is 0.805. The maximum atomic E-state index is 12.6. The molecule has 2 aliphatic heterocycles. The molecular formula is C20H19NO4. The van der Waals surface area contributed by atoms with Crippen LogP contribution in [0.1, 0.15) is 30.1 Å². The number of hydrogen-bond donors (Lipinski definition) is 0. The summed E-state index contributed by atoms with van der Waals surface area (Å²) in [5.74, 6) is -0.337. The molecule has 2 aromatic carbocycles. The lowest BCUT2D eigenvalue weighted by atomic mass is 9.80. The molecule has 128 valence electrons. The maximum absolute atomic E-state index is 12.6. The number of esters is 1. The van der Waals surface area contributed by atoms with Gasteiger partial charge in [-0.15, -0.1) is 0 Å². The molecule has 1 amide bonds. The van der Waals surface area contributed by atoms with E-state index >= 15 is 0 Å². The van der Waals surface area contributed by atoms with Gasteiger partial charge in [0.05, 0.1) is 0 Å². The van der Waals surface area contributed by atoms with Gasteiger partial charge in [0, 0.05) is 6.54 Å². The molecule has 1 spiro atoms. The molecule has 2 aromatic rings. The molecule has 5 nitrogen and oxygen atoms in total. The van der Waals surface area contributed by atoms with Crippen LogP contribution in [0.4, 0.5) is 4.79 Å². The summed E-state index contributed by atoms with van der Waals surface area (Å²) in [5, 5.41) is 0. The van der Waals surface area contributed by atoms with Crippen molar-refractivity contribution in [3.8, 4) is 0 Å². The van der Waals surface area contributed by atoms with Crippen LogP contribution in [0.3, 0.4) is 0 Å². The Kier molecular flexibility index (Phi) is 3.92. The summed E-state index contributed by atoms with van der Waals surface area (Å²) in [7, 11) is 0. The molecule has 0 aromatic heterocycles. The lowest BCUT2D eigenvalue weighted by molar-refractivity contribution is -0.206. The molecule has 0 bridgehead atoms. The molecule has 0 unspecified atom stereocenters. The highest BCUT2D eigenvalue weighted by atomic mass is 16.6. The van der Waals surface area contributed by atoms with E-state index in [1.165, 1.54) is 0 Å². The summed E-state index contributed by atoms with van der Waals surface area (Å²) >= 11 is 0. The largest absolute Gasteiger partial charge is 0.452 e. The van der Waals surface area contributed by atoms with E-state index in [1.807, 2.05) is 60.7 Å². The van der Waals surface area contributed by atoms with Crippen molar-refractivity contribution in [3.05, 3.63) is 71.8 Å². The molecule has 0 aliphatic carbocycles. The van der Waals surface area contributed by atoms with Crippen molar-refractivity contribution in [2.45, 2.75) is 31.1 Å². The first-order valence-electron chi connectivity index (χ1n) is 8.46. The minimum Gasteiger partial charge on any atom is -0.452 e. The highest BCUT2D eigenvalue weighted by Gasteiger charge is 2.66. The normalized spacial score (nSPS) is 24.7. The Bertz CT molecular complexity index is 777. The van der Waals surface area contributed by atoms with Crippen molar-refractivity contribution < 1.29 is 19.1 Å². The molecular weight excluding hydrogens is 318 g/mol. The molecule has 25 heavy (non-hydrogen) atoms. The topological polar surface area (TPSA) is 55.8 Å². The van der Waals surface area contributed by atoms with Crippen LogP contribution in [0.2, 0.25) is 0 Å². The van der Waals surface area contributed by atoms with Crippen LogP contribution in [0.5, 0.6) is 0 Å². The summed E-state index contributed by atoms with van der Waals surface area (Å²) in [6, 6.07) is 19.1. The van der Waals surface area contributed by atoms with E-state index < -0.39 is 17.7 Å². The number of carbonyl (C=O) groups excluding carboxylic acids is 2. The second-order valence-electron chi connectivity index (χ2n) is 6.42. The Morgan fingerprint density at radius 3 is 2.48 bits per heavy atom. The molecule has 2 aliphatic rings. The molecule has 2 atom stereocenters. The first-order valence-corrected chi connectivity index (χ1v) is 8.46. The van der Waals surface area contributed by atoms with Gasteiger partial charge in [0.25, 0.3) is 0 Å². The number of carbonyl (C=O) groups is 2. The van der Waals surface area contributed by atoms with Gasteiger partial charge in [-0.1, -0.05) is 60.7 Å². The number of likely N-dealkylation sites (tertiary alicyclic amines) is 1. The Hall–Kier alpha value is -2.82. The molecule has 2 saturated heterocycles. The van der Waals surface area contributed by atoms with E-state index in [0.29, 0.717) is 13.0 Å². The van der Waals surface area contributed by atoms with Crippen LogP contribution >= 0.6 is 0 Å². The minimum atomic E-state index is -0.922. The molecule has 5 heteroatoms.